The number of hydrogen-bond acceptors (Lipinski definition) is 5. The summed E-state index contributed by atoms with van der Waals surface area (Å²) >= 11 is 0. The molecule has 1 saturated heterocycles. The van der Waals surface area contributed by atoms with E-state index >= 15 is 0 Å². The normalized spacial score (nSPS) is 20.0. The van der Waals surface area contributed by atoms with E-state index in [2.05, 4.69) is 15.3 Å². The van der Waals surface area contributed by atoms with Crippen LogP contribution in [-0.2, 0) is 4.74 Å². The Bertz CT molecular complexity index is 365. The van der Waals surface area contributed by atoms with Gasteiger partial charge in [-0.1, -0.05) is 0 Å². The van der Waals surface area contributed by atoms with E-state index in [4.69, 9.17) is 9.47 Å². The molecule has 0 amide bonds. The van der Waals surface area contributed by atoms with Crippen LogP contribution in [0.15, 0.2) is 6.33 Å². The van der Waals surface area contributed by atoms with Crippen molar-refractivity contribution in [3.63, 3.8) is 0 Å². The minimum atomic E-state index is 0.573. The van der Waals surface area contributed by atoms with Gasteiger partial charge in [0.25, 0.3) is 0 Å². The van der Waals surface area contributed by atoms with Gasteiger partial charge in [-0.3, -0.25) is 0 Å². The number of nitrogens with one attached hydrogen (secondary N) is 1. The smallest absolute Gasteiger partial charge is 0.221 e. The number of nitrogens with zero attached hydrogens (tertiary/aromatic N) is 2. The molecule has 1 aliphatic heterocycles. The van der Waals surface area contributed by atoms with Gasteiger partial charge in [-0.2, -0.15) is 0 Å². The summed E-state index contributed by atoms with van der Waals surface area (Å²) in [7, 11) is 1.62. The van der Waals surface area contributed by atoms with Crippen LogP contribution in [0, 0.1) is 12.8 Å². The zero-order chi connectivity index (χ0) is 12.1. The van der Waals surface area contributed by atoms with Crippen LogP contribution in [0.1, 0.15) is 18.4 Å². The molecule has 0 spiro atoms. The second kappa shape index (κ2) is 5.82. The van der Waals surface area contributed by atoms with Gasteiger partial charge < -0.3 is 14.8 Å². The lowest BCUT2D eigenvalue weighted by atomic mass is 10.0. The quantitative estimate of drug-likeness (QED) is 0.862. The summed E-state index contributed by atoms with van der Waals surface area (Å²) in [5.74, 6) is 2.05. The Balaban J connectivity index is 1.93. The largest absolute Gasteiger partial charge is 0.481 e. The highest BCUT2D eigenvalue weighted by Crippen LogP contribution is 2.21. The first kappa shape index (κ1) is 12.1. The highest BCUT2D eigenvalue weighted by Gasteiger charge is 2.14. The lowest BCUT2D eigenvalue weighted by Crippen LogP contribution is -2.24. The van der Waals surface area contributed by atoms with Crippen molar-refractivity contribution >= 4 is 5.82 Å². The van der Waals surface area contributed by atoms with Gasteiger partial charge in [-0.15, -0.1) is 0 Å². The van der Waals surface area contributed by atoms with E-state index in [1.54, 1.807) is 7.11 Å². The third-order valence-corrected chi connectivity index (χ3v) is 3.04. The Hall–Kier alpha value is -1.36. The maximum absolute atomic E-state index is 5.45. The highest BCUT2D eigenvalue weighted by molar-refractivity contribution is 5.47. The third-order valence-electron chi connectivity index (χ3n) is 3.04. The second-order valence-corrected chi connectivity index (χ2v) is 4.32. The van der Waals surface area contributed by atoms with Crippen LogP contribution in [0.3, 0.4) is 0 Å². The molecule has 17 heavy (non-hydrogen) atoms. The minimum absolute atomic E-state index is 0.573. The van der Waals surface area contributed by atoms with Crippen molar-refractivity contribution in [1.82, 2.24) is 9.97 Å². The number of rotatable bonds is 4. The number of anilines is 1. The Morgan fingerprint density at radius 1 is 1.53 bits per heavy atom. The van der Waals surface area contributed by atoms with E-state index in [-0.39, 0.29) is 0 Å². The molecule has 0 radical (unpaired) electrons. The molecule has 1 aromatic rings. The molecular weight excluding hydrogens is 218 g/mol. The second-order valence-electron chi connectivity index (χ2n) is 4.32. The molecular formula is C12H19N3O2. The van der Waals surface area contributed by atoms with Crippen LogP contribution in [0.5, 0.6) is 5.88 Å². The van der Waals surface area contributed by atoms with Gasteiger partial charge in [-0.05, 0) is 25.7 Å². The summed E-state index contributed by atoms with van der Waals surface area (Å²) in [6, 6.07) is 0. The Kier molecular flexibility index (Phi) is 4.14. The molecule has 5 heteroatoms. The Morgan fingerprint density at radius 3 is 3.12 bits per heavy atom. The predicted molar refractivity (Wildman–Crippen MR) is 65.4 cm³/mol. The molecule has 94 valence electrons. The Morgan fingerprint density at radius 2 is 2.41 bits per heavy atom. The van der Waals surface area contributed by atoms with Crippen molar-refractivity contribution in [3.05, 3.63) is 11.9 Å². The SMILES string of the molecule is COc1ncnc(NCC2CCCOC2)c1C. The van der Waals surface area contributed by atoms with Gasteiger partial charge in [0.05, 0.1) is 19.3 Å². The Labute approximate surface area is 102 Å². The molecule has 2 rings (SSSR count). The van der Waals surface area contributed by atoms with Gasteiger partial charge in [-0.25, -0.2) is 9.97 Å². The zero-order valence-electron chi connectivity index (χ0n) is 10.4. The van der Waals surface area contributed by atoms with Crippen LogP contribution in [-0.4, -0.2) is 36.8 Å². The lowest BCUT2D eigenvalue weighted by Gasteiger charge is -2.22. The first-order chi connectivity index (χ1) is 8.31. The van der Waals surface area contributed by atoms with E-state index in [0.29, 0.717) is 11.8 Å². The third kappa shape index (κ3) is 3.06. The lowest BCUT2D eigenvalue weighted by molar-refractivity contribution is 0.0594. The zero-order valence-corrected chi connectivity index (χ0v) is 10.4. The predicted octanol–water partition coefficient (Wildman–Crippen LogP) is 1.63. The van der Waals surface area contributed by atoms with E-state index in [1.807, 2.05) is 6.92 Å². The van der Waals surface area contributed by atoms with Crippen molar-refractivity contribution in [2.45, 2.75) is 19.8 Å². The molecule has 0 bridgehead atoms. The fraction of sp³-hybridized carbons (Fsp3) is 0.667. The molecule has 0 saturated carbocycles. The minimum Gasteiger partial charge on any atom is -0.481 e. The number of hydrogen-bond donors (Lipinski definition) is 1. The molecule has 1 unspecified atom stereocenters. The van der Waals surface area contributed by atoms with Gasteiger partial charge in [0.1, 0.15) is 12.1 Å². The van der Waals surface area contributed by atoms with Crippen LogP contribution < -0.4 is 10.1 Å². The van der Waals surface area contributed by atoms with E-state index in [1.165, 1.54) is 12.7 Å². The van der Waals surface area contributed by atoms with Crippen molar-refractivity contribution < 1.29 is 9.47 Å². The van der Waals surface area contributed by atoms with Gasteiger partial charge >= 0.3 is 0 Å². The number of aromatic nitrogens is 2. The number of ether oxygens (including phenoxy) is 2. The standard InChI is InChI=1S/C12H19N3O2/c1-9-11(14-8-15-12(9)16-2)13-6-10-4-3-5-17-7-10/h8,10H,3-7H2,1-2H3,(H,13,14,15). The maximum Gasteiger partial charge on any atom is 0.221 e. The molecule has 1 N–H and O–H groups in total. The van der Waals surface area contributed by atoms with Crippen molar-refractivity contribution in [2.75, 3.05) is 32.2 Å². The van der Waals surface area contributed by atoms with Crippen molar-refractivity contribution in [3.8, 4) is 5.88 Å². The van der Waals surface area contributed by atoms with E-state index < -0.39 is 0 Å². The summed E-state index contributed by atoms with van der Waals surface area (Å²) in [6.45, 7) is 4.59. The molecule has 1 aromatic heterocycles. The summed E-state index contributed by atoms with van der Waals surface area (Å²) in [4.78, 5) is 8.28. The van der Waals surface area contributed by atoms with Gasteiger partial charge in [0, 0.05) is 13.2 Å². The summed E-state index contributed by atoms with van der Waals surface area (Å²) in [5, 5.41) is 3.35. The average Bonchev–Trinajstić information content (AvgIpc) is 2.39. The molecule has 0 aromatic carbocycles. The van der Waals surface area contributed by atoms with Crippen LogP contribution >= 0.6 is 0 Å². The molecule has 0 aliphatic carbocycles. The summed E-state index contributed by atoms with van der Waals surface area (Å²) in [5.41, 5.74) is 0.951. The number of methoxy groups -OCH3 is 1. The van der Waals surface area contributed by atoms with E-state index in [9.17, 15) is 0 Å². The summed E-state index contributed by atoms with van der Waals surface area (Å²) in [6.07, 6.45) is 3.89. The van der Waals surface area contributed by atoms with Gasteiger partial charge in [0.15, 0.2) is 0 Å². The van der Waals surface area contributed by atoms with Crippen LogP contribution in [0.2, 0.25) is 0 Å². The fourth-order valence-corrected chi connectivity index (χ4v) is 2.03. The molecule has 1 aliphatic rings. The van der Waals surface area contributed by atoms with E-state index in [0.717, 1.165) is 37.6 Å². The molecule has 1 fully saturated rings. The molecule has 1 atom stereocenters. The fourth-order valence-electron chi connectivity index (χ4n) is 2.03. The van der Waals surface area contributed by atoms with Gasteiger partial charge in [0.2, 0.25) is 5.88 Å². The highest BCUT2D eigenvalue weighted by atomic mass is 16.5. The molecule has 2 heterocycles. The van der Waals surface area contributed by atoms with Crippen molar-refractivity contribution in [1.29, 1.82) is 0 Å². The van der Waals surface area contributed by atoms with Crippen LogP contribution in [0.4, 0.5) is 5.82 Å². The monoisotopic (exact) mass is 237 g/mol. The summed E-state index contributed by atoms with van der Waals surface area (Å²) < 4.78 is 10.6. The maximum atomic E-state index is 5.45. The average molecular weight is 237 g/mol. The molecule has 5 nitrogen and oxygen atoms in total. The van der Waals surface area contributed by atoms with Crippen molar-refractivity contribution in [2.24, 2.45) is 5.92 Å². The first-order valence-electron chi connectivity index (χ1n) is 5.98. The first-order valence-corrected chi connectivity index (χ1v) is 5.98. The van der Waals surface area contributed by atoms with Crippen LogP contribution in [0.25, 0.3) is 0 Å². The topological polar surface area (TPSA) is 56.3 Å².